The second-order valence-electron chi connectivity index (χ2n) is 4.71. The number of hydrogen-bond donors (Lipinski definition) is 1. The van der Waals surface area contributed by atoms with E-state index in [0.717, 1.165) is 6.07 Å². The molecule has 124 valence electrons. The van der Waals surface area contributed by atoms with Crippen LogP contribution in [0, 0.1) is 5.82 Å². The highest BCUT2D eigenvalue weighted by molar-refractivity contribution is 5.98. The second kappa shape index (κ2) is 7.87. The highest BCUT2D eigenvalue weighted by Crippen LogP contribution is 2.17. The van der Waals surface area contributed by atoms with Gasteiger partial charge in [0.05, 0.1) is 11.1 Å². The monoisotopic (exact) mass is 331 g/mol. The fraction of sp³-hybridized carbons (Fsp3) is 0.118. The lowest BCUT2D eigenvalue weighted by Gasteiger charge is -2.09. The van der Waals surface area contributed by atoms with E-state index in [-0.39, 0.29) is 16.9 Å². The van der Waals surface area contributed by atoms with Gasteiger partial charge in [0, 0.05) is 0 Å². The van der Waals surface area contributed by atoms with E-state index in [2.05, 4.69) is 0 Å². The summed E-state index contributed by atoms with van der Waals surface area (Å²) < 4.78 is 23.3. The number of amides is 1. The van der Waals surface area contributed by atoms with E-state index in [0.29, 0.717) is 0 Å². The molecule has 1 amide bonds. The van der Waals surface area contributed by atoms with Crippen LogP contribution < -0.4 is 10.5 Å². The Balaban J connectivity index is 1.87. The minimum Gasteiger partial charge on any atom is -0.481 e. The third-order valence-electron chi connectivity index (χ3n) is 3.04. The van der Waals surface area contributed by atoms with Crippen molar-refractivity contribution < 1.29 is 28.2 Å². The van der Waals surface area contributed by atoms with Crippen LogP contribution in [0.2, 0.25) is 0 Å². The number of rotatable bonds is 7. The van der Waals surface area contributed by atoms with Gasteiger partial charge in [0.15, 0.2) is 13.2 Å². The number of ketones is 1. The number of halogens is 1. The second-order valence-corrected chi connectivity index (χ2v) is 4.71. The van der Waals surface area contributed by atoms with Gasteiger partial charge in [-0.1, -0.05) is 24.3 Å². The van der Waals surface area contributed by atoms with Crippen molar-refractivity contribution >= 4 is 17.7 Å². The number of primary amides is 1. The first-order valence-corrected chi connectivity index (χ1v) is 6.94. The minimum atomic E-state index is -0.834. The van der Waals surface area contributed by atoms with E-state index in [1.54, 1.807) is 12.1 Å². The first kappa shape index (κ1) is 17.1. The maximum Gasteiger partial charge on any atom is 0.344 e. The zero-order valence-electron chi connectivity index (χ0n) is 12.5. The summed E-state index contributed by atoms with van der Waals surface area (Å²) in [4.78, 5) is 34.6. The van der Waals surface area contributed by atoms with Crippen molar-refractivity contribution in [1.82, 2.24) is 0 Å². The van der Waals surface area contributed by atoms with Crippen molar-refractivity contribution in [2.24, 2.45) is 5.73 Å². The Morgan fingerprint density at radius 2 is 1.54 bits per heavy atom. The van der Waals surface area contributed by atoms with Crippen LogP contribution in [0.15, 0.2) is 48.5 Å². The van der Waals surface area contributed by atoms with Gasteiger partial charge in [-0.05, 0) is 24.3 Å². The molecule has 0 saturated heterocycles. The van der Waals surface area contributed by atoms with Crippen LogP contribution in [0.3, 0.4) is 0 Å². The Hall–Kier alpha value is -3.22. The molecule has 2 aromatic carbocycles. The van der Waals surface area contributed by atoms with Crippen molar-refractivity contribution in [3.05, 3.63) is 65.5 Å². The molecule has 0 fully saturated rings. The predicted octanol–water partition coefficient (Wildman–Crippen LogP) is 1.73. The number of esters is 1. The van der Waals surface area contributed by atoms with Crippen LogP contribution in [0.4, 0.5) is 4.39 Å². The van der Waals surface area contributed by atoms with Gasteiger partial charge in [-0.25, -0.2) is 9.18 Å². The molecule has 0 aromatic heterocycles. The summed E-state index contributed by atoms with van der Waals surface area (Å²) >= 11 is 0. The topological polar surface area (TPSA) is 95.7 Å². The predicted molar refractivity (Wildman–Crippen MR) is 82.1 cm³/mol. The quantitative estimate of drug-likeness (QED) is 0.616. The lowest BCUT2D eigenvalue weighted by Crippen LogP contribution is -2.21. The Morgan fingerprint density at radius 1 is 0.917 bits per heavy atom. The molecule has 2 aromatic rings. The number of ether oxygens (including phenoxy) is 2. The summed E-state index contributed by atoms with van der Waals surface area (Å²) in [7, 11) is 0. The van der Waals surface area contributed by atoms with E-state index >= 15 is 0 Å². The summed E-state index contributed by atoms with van der Waals surface area (Å²) in [5, 5.41) is 0. The molecule has 0 aliphatic rings. The highest BCUT2D eigenvalue weighted by atomic mass is 19.1. The van der Waals surface area contributed by atoms with E-state index in [4.69, 9.17) is 15.2 Å². The molecule has 7 heteroatoms. The molecule has 0 aliphatic heterocycles. The summed E-state index contributed by atoms with van der Waals surface area (Å²) in [5.41, 5.74) is 5.14. The molecule has 2 rings (SSSR count). The van der Waals surface area contributed by atoms with E-state index in [9.17, 15) is 18.8 Å². The SMILES string of the molecule is NC(=O)c1ccccc1OCC(=O)OCC(=O)c1ccccc1F. The average Bonchev–Trinajstić information content (AvgIpc) is 2.58. The fourth-order valence-electron chi connectivity index (χ4n) is 1.89. The standard InChI is InChI=1S/C17H14FNO5/c18-13-7-3-1-5-11(13)14(20)9-24-16(21)10-23-15-8-4-2-6-12(15)17(19)22/h1-8H,9-10H2,(H2,19,22). The van der Waals surface area contributed by atoms with Crippen LogP contribution in [-0.2, 0) is 9.53 Å². The number of nitrogens with two attached hydrogens (primary N) is 1. The molecular weight excluding hydrogens is 317 g/mol. The van der Waals surface area contributed by atoms with E-state index < -0.39 is 36.7 Å². The van der Waals surface area contributed by atoms with Gasteiger partial charge in [0.1, 0.15) is 11.6 Å². The first-order chi connectivity index (χ1) is 11.5. The minimum absolute atomic E-state index is 0.118. The fourth-order valence-corrected chi connectivity index (χ4v) is 1.89. The van der Waals surface area contributed by atoms with Gasteiger partial charge < -0.3 is 15.2 Å². The average molecular weight is 331 g/mol. The van der Waals surface area contributed by atoms with Gasteiger partial charge in [-0.15, -0.1) is 0 Å². The zero-order valence-corrected chi connectivity index (χ0v) is 12.5. The number of carbonyl (C=O) groups excluding carboxylic acids is 3. The molecule has 0 atom stereocenters. The van der Waals surface area contributed by atoms with E-state index in [1.165, 1.54) is 30.3 Å². The maximum absolute atomic E-state index is 13.4. The first-order valence-electron chi connectivity index (χ1n) is 6.94. The number of benzene rings is 2. The largest absolute Gasteiger partial charge is 0.481 e. The Labute approximate surface area is 137 Å². The number of Topliss-reactive ketones (excluding diaryl/α,β-unsaturated/α-hetero) is 1. The van der Waals surface area contributed by atoms with Gasteiger partial charge in [-0.2, -0.15) is 0 Å². The lowest BCUT2D eigenvalue weighted by atomic mass is 10.1. The van der Waals surface area contributed by atoms with Crippen molar-refractivity contribution in [1.29, 1.82) is 0 Å². The maximum atomic E-state index is 13.4. The smallest absolute Gasteiger partial charge is 0.344 e. The molecule has 0 radical (unpaired) electrons. The summed E-state index contributed by atoms with van der Waals surface area (Å²) in [5.74, 6) is -2.76. The molecule has 24 heavy (non-hydrogen) atoms. The summed E-state index contributed by atoms with van der Waals surface area (Å²) in [6, 6.07) is 11.5. The van der Waals surface area contributed by atoms with Crippen LogP contribution >= 0.6 is 0 Å². The molecule has 0 heterocycles. The third kappa shape index (κ3) is 4.39. The van der Waals surface area contributed by atoms with Crippen LogP contribution in [0.25, 0.3) is 0 Å². The molecule has 0 spiro atoms. The van der Waals surface area contributed by atoms with Gasteiger partial charge in [-0.3, -0.25) is 9.59 Å². The Morgan fingerprint density at radius 3 is 2.21 bits per heavy atom. The molecule has 0 aliphatic carbocycles. The zero-order chi connectivity index (χ0) is 17.5. The van der Waals surface area contributed by atoms with Crippen LogP contribution in [0.5, 0.6) is 5.75 Å². The van der Waals surface area contributed by atoms with E-state index in [1.807, 2.05) is 0 Å². The van der Waals surface area contributed by atoms with Gasteiger partial charge in [0.2, 0.25) is 5.78 Å². The molecular formula is C17H14FNO5. The van der Waals surface area contributed by atoms with Crippen molar-refractivity contribution in [3.63, 3.8) is 0 Å². The molecule has 0 bridgehead atoms. The molecule has 0 saturated carbocycles. The summed E-state index contributed by atoms with van der Waals surface area (Å²) in [6.45, 7) is -1.13. The van der Waals surface area contributed by atoms with Crippen molar-refractivity contribution in [3.8, 4) is 5.75 Å². The molecule has 6 nitrogen and oxygen atoms in total. The normalized spacial score (nSPS) is 10.0. The molecule has 2 N–H and O–H groups in total. The van der Waals surface area contributed by atoms with Crippen LogP contribution in [-0.4, -0.2) is 30.9 Å². The van der Waals surface area contributed by atoms with Crippen molar-refractivity contribution in [2.45, 2.75) is 0 Å². The number of carbonyl (C=O) groups is 3. The number of hydrogen-bond acceptors (Lipinski definition) is 5. The Bertz CT molecular complexity index is 775. The van der Waals surface area contributed by atoms with Crippen molar-refractivity contribution in [2.75, 3.05) is 13.2 Å². The number of para-hydroxylation sites is 1. The van der Waals surface area contributed by atoms with Crippen LogP contribution in [0.1, 0.15) is 20.7 Å². The Kier molecular flexibility index (Phi) is 5.62. The highest BCUT2D eigenvalue weighted by Gasteiger charge is 2.15. The van der Waals surface area contributed by atoms with Gasteiger partial charge in [0.25, 0.3) is 5.91 Å². The lowest BCUT2D eigenvalue weighted by molar-refractivity contribution is -0.144. The van der Waals surface area contributed by atoms with Gasteiger partial charge >= 0.3 is 5.97 Å². The molecule has 0 unspecified atom stereocenters. The third-order valence-corrected chi connectivity index (χ3v) is 3.04. The summed E-state index contributed by atoms with van der Waals surface area (Å²) in [6.07, 6.45) is 0.